The molecule has 2 amide bonds. The Bertz CT molecular complexity index is 1070. The average molecular weight is 502 g/mol. The van der Waals surface area contributed by atoms with Crippen LogP contribution in [0.25, 0.3) is 0 Å². The fourth-order valence-corrected chi connectivity index (χ4v) is 3.99. The van der Waals surface area contributed by atoms with Gasteiger partial charge in [0.25, 0.3) is 5.91 Å². The fourth-order valence-electron chi connectivity index (χ4n) is 3.99. The molecule has 0 bridgehead atoms. The molecular weight excluding hydrogens is 461 g/mol. The van der Waals surface area contributed by atoms with Crippen LogP contribution in [-0.2, 0) is 4.74 Å². The van der Waals surface area contributed by atoms with Gasteiger partial charge in [0.05, 0.1) is 18.3 Å². The Morgan fingerprint density at radius 1 is 1.14 bits per heavy atom. The number of nitrogens with zero attached hydrogens (tertiary/aromatic N) is 3. The molecular formula is C28H40FN3O4. The summed E-state index contributed by atoms with van der Waals surface area (Å²) in [5.41, 5.74) is 0.833. The molecule has 0 aromatic heterocycles. The van der Waals surface area contributed by atoms with E-state index in [0.29, 0.717) is 54.7 Å². The lowest BCUT2D eigenvalue weighted by atomic mass is 10.1. The van der Waals surface area contributed by atoms with Crippen molar-refractivity contribution < 1.29 is 24.9 Å². The number of ether oxygens (including phenoxy) is 2. The van der Waals surface area contributed by atoms with Crippen molar-refractivity contribution in [1.82, 2.24) is 4.90 Å². The zero-order valence-electron chi connectivity index (χ0n) is 22.4. The van der Waals surface area contributed by atoms with Gasteiger partial charge >= 0.3 is 6.09 Å². The van der Waals surface area contributed by atoms with E-state index in [4.69, 9.17) is 9.47 Å². The average Bonchev–Trinajstić information content (AvgIpc) is 3.30. The lowest BCUT2D eigenvalue weighted by Gasteiger charge is -2.29. The maximum absolute atomic E-state index is 15.1. The van der Waals surface area contributed by atoms with Crippen molar-refractivity contribution in [2.45, 2.75) is 52.7 Å². The van der Waals surface area contributed by atoms with Crippen LogP contribution < -0.4 is 14.5 Å². The molecule has 0 radical (unpaired) electrons. The summed E-state index contributed by atoms with van der Waals surface area (Å²) < 4.78 is 26.3. The molecule has 1 heterocycles. The third-order valence-corrected chi connectivity index (χ3v) is 6.04. The van der Waals surface area contributed by atoms with Crippen molar-refractivity contribution in [1.29, 1.82) is 0 Å². The molecule has 1 aliphatic rings. The number of amides is 2. The van der Waals surface area contributed by atoms with Crippen LogP contribution in [0.4, 0.5) is 20.6 Å². The number of hydrogen-bond donors (Lipinski definition) is 0. The third kappa shape index (κ3) is 6.89. The van der Waals surface area contributed by atoms with Crippen LogP contribution in [0.15, 0.2) is 42.5 Å². The summed E-state index contributed by atoms with van der Waals surface area (Å²) in [5.74, 6) is 0.468. The largest absolute Gasteiger partial charge is 0.493 e. The van der Waals surface area contributed by atoms with Crippen LogP contribution >= 0.6 is 0 Å². The van der Waals surface area contributed by atoms with E-state index in [1.165, 1.54) is 11.0 Å². The fraction of sp³-hybridized carbons (Fsp3) is 0.500. The zero-order chi connectivity index (χ0) is 26.6. The van der Waals surface area contributed by atoms with Gasteiger partial charge in [-0.3, -0.25) is 4.79 Å². The highest BCUT2D eigenvalue weighted by Gasteiger charge is 2.32. The van der Waals surface area contributed by atoms with E-state index >= 15 is 4.39 Å². The van der Waals surface area contributed by atoms with E-state index < -0.39 is 11.4 Å². The minimum atomic E-state index is -0.571. The summed E-state index contributed by atoms with van der Waals surface area (Å²) in [5, 5.41) is 0. The Labute approximate surface area is 215 Å². The van der Waals surface area contributed by atoms with Gasteiger partial charge in [-0.2, -0.15) is 0 Å². The van der Waals surface area contributed by atoms with E-state index in [-0.39, 0.29) is 19.5 Å². The highest BCUT2D eigenvalue weighted by Crippen LogP contribution is 2.29. The molecule has 0 N–H and O–H groups in total. The van der Waals surface area contributed by atoms with Crippen molar-refractivity contribution in [3.8, 4) is 5.75 Å². The Hall–Kier alpha value is -3.29. The van der Waals surface area contributed by atoms with Gasteiger partial charge in [-0.15, -0.1) is 0 Å². The summed E-state index contributed by atoms with van der Waals surface area (Å²) >= 11 is 0. The summed E-state index contributed by atoms with van der Waals surface area (Å²) in [4.78, 5) is 30.3. The molecule has 1 saturated heterocycles. The maximum atomic E-state index is 15.1. The first-order valence-electron chi connectivity index (χ1n) is 12.4. The minimum absolute atomic E-state index is 0. The molecule has 2 aromatic carbocycles. The van der Waals surface area contributed by atoms with Gasteiger partial charge in [-0.1, -0.05) is 13.8 Å². The number of rotatable bonds is 7. The van der Waals surface area contributed by atoms with E-state index in [1.807, 2.05) is 25.7 Å². The van der Waals surface area contributed by atoms with Crippen molar-refractivity contribution in [2.24, 2.45) is 5.92 Å². The van der Waals surface area contributed by atoms with Crippen molar-refractivity contribution in [3.05, 3.63) is 53.8 Å². The van der Waals surface area contributed by atoms with Crippen LogP contribution in [0.1, 0.15) is 52.8 Å². The summed E-state index contributed by atoms with van der Waals surface area (Å²) in [6.45, 7) is 11.4. The second-order valence-corrected chi connectivity index (χ2v) is 10.7. The maximum Gasteiger partial charge on any atom is 0.410 e. The van der Waals surface area contributed by atoms with E-state index in [1.54, 1.807) is 55.4 Å². The van der Waals surface area contributed by atoms with Gasteiger partial charge in [-0.25, -0.2) is 9.18 Å². The number of halogens is 1. The number of carbonyl (C=O) groups is 2. The highest BCUT2D eigenvalue weighted by atomic mass is 19.1. The molecule has 0 aliphatic carbocycles. The predicted molar refractivity (Wildman–Crippen MR) is 143 cm³/mol. The summed E-state index contributed by atoms with van der Waals surface area (Å²) in [6.07, 6.45) is 0.330. The van der Waals surface area contributed by atoms with Gasteiger partial charge in [0.15, 0.2) is 0 Å². The first-order valence-corrected chi connectivity index (χ1v) is 12.4. The lowest BCUT2D eigenvalue weighted by molar-refractivity contribution is 0.0237. The van der Waals surface area contributed by atoms with Gasteiger partial charge < -0.3 is 24.2 Å². The topological polar surface area (TPSA) is 62.3 Å². The summed E-state index contributed by atoms with van der Waals surface area (Å²) in [7, 11) is 3.34. The lowest BCUT2D eigenvalue weighted by Crippen LogP contribution is -2.42. The monoisotopic (exact) mass is 501 g/mol. The molecule has 198 valence electrons. The molecule has 0 spiro atoms. The second kappa shape index (κ2) is 11.2. The first kappa shape index (κ1) is 27.3. The standard InChI is InChI=1S/C28H38FN3O4.H2/c1-19(2)18-35-23-11-8-20(9-12-23)26(33)30(6)21-10-13-25(24(29)16-21)32-15-14-22(17-32)31(7)27(34)36-28(3,4)5;/h8-13,16,19,22H,14-15,17-18H2,1-7H3;1H. The Morgan fingerprint density at radius 2 is 1.81 bits per heavy atom. The number of carbonyl (C=O) groups excluding carboxylic acids is 2. The molecule has 3 rings (SSSR count). The van der Waals surface area contributed by atoms with Crippen LogP contribution in [-0.4, -0.2) is 62.3 Å². The van der Waals surface area contributed by atoms with Gasteiger partial charge in [0.2, 0.25) is 0 Å². The summed E-state index contributed by atoms with van der Waals surface area (Å²) in [6, 6.07) is 11.7. The van der Waals surface area contributed by atoms with E-state index in [0.717, 1.165) is 0 Å². The van der Waals surface area contributed by atoms with Gasteiger partial charge in [-0.05, 0) is 75.6 Å². The SMILES string of the molecule is CC(C)COc1ccc(C(=O)N(C)c2ccc(N3CCC(N(C)C(=O)OC(C)(C)C)C3)c(F)c2)cc1.[HH]. The second-order valence-electron chi connectivity index (χ2n) is 10.7. The van der Waals surface area contributed by atoms with Crippen molar-refractivity contribution in [2.75, 3.05) is 43.6 Å². The smallest absolute Gasteiger partial charge is 0.410 e. The number of hydrogen-bond acceptors (Lipinski definition) is 5. The number of anilines is 2. The third-order valence-electron chi connectivity index (χ3n) is 6.04. The number of likely N-dealkylation sites (N-methyl/N-ethyl adjacent to an activating group) is 1. The highest BCUT2D eigenvalue weighted by molar-refractivity contribution is 6.05. The zero-order valence-corrected chi connectivity index (χ0v) is 22.4. The molecule has 1 atom stereocenters. The molecule has 1 unspecified atom stereocenters. The van der Waals surface area contributed by atoms with Gasteiger partial charge in [0, 0.05) is 39.9 Å². The molecule has 0 saturated carbocycles. The quantitative estimate of drug-likeness (QED) is 0.478. The molecule has 7 nitrogen and oxygen atoms in total. The Kier molecular flexibility index (Phi) is 8.48. The molecule has 1 aliphatic heterocycles. The van der Waals surface area contributed by atoms with E-state index in [9.17, 15) is 9.59 Å². The number of benzene rings is 2. The molecule has 2 aromatic rings. The van der Waals surface area contributed by atoms with Crippen molar-refractivity contribution in [3.63, 3.8) is 0 Å². The normalized spacial score (nSPS) is 15.7. The van der Waals surface area contributed by atoms with Crippen molar-refractivity contribution >= 4 is 23.4 Å². The minimum Gasteiger partial charge on any atom is -0.493 e. The van der Waals surface area contributed by atoms with Crippen LogP contribution in [0, 0.1) is 11.7 Å². The Balaban J connectivity index is 0.00000481. The molecule has 8 heteroatoms. The van der Waals surface area contributed by atoms with Crippen LogP contribution in [0.2, 0.25) is 0 Å². The Morgan fingerprint density at radius 3 is 2.39 bits per heavy atom. The van der Waals surface area contributed by atoms with Crippen LogP contribution in [0.5, 0.6) is 5.75 Å². The molecule has 1 fully saturated rings. The van der Waals surface area contributed by atoms with E-state index in [2.05, 4.69) is 13.8 Å². The molecule has 36 heavy (non-hydrogen) atoms. The van der Waals surface area contributed by atoms with Crippen LogP contribution in [0.3, 0.4) is 0 Å². The predicted octanol–water partition coefficient (Wildman–Crippen LogP) is 5.83. The first-order chi connectivity index (χ1) is 16.9. The van der Waals surface area contributed by atoms with Gasteiger partial charge in [0.1, 0.15) is 17.2 Å².